The lowest BCUT2D eigenvalue weighted by molar-refractivity contribution is 0.723. The third-order valence-corrected chi connectivity index (χ3v) is 4.07. The van der Waals surface area contributed by atoms with E-state index in [0.29, 0.717) is 5.92 Å². The van der Waals surface area contributed by atoms with Crippen LogP contribution in [0.2, 0.25) is 0 Å². The van der Waals surface area contributed by atoms with Crippen molar-refractivity contribution in [2.24, 2.45) is 0 Å². The molecule has 0 radical (unpaired) electrons. The molecule has 0 spiro atoms. The monoisotopic (exact) mass is 263 g/mol. The summed E-state index contributed by atoms with van der Waals surface area (Å²) in [4.78, 5) is 8.16. The molecular formula is C17H17N3. The van der Waals surface area contributed by atoms with Gasteiger partial charge in [0.05, 0.1) is 11.0 Å². The highest BCUT2D eigenvalue weighted by Gasteiger charge is 2.22. The van der Waals surface area contributed by atoms with Gasteiger partial charge < -0.3 is 10.3 Å². The summed E-state index contributed by atoms with van der Waals surface area (Å²) in [6, 6.07) is 14.9. The Morgan fingerprint density at radius 2 is 2.10 bits per heavy atom. The first kappa shape index (κ1) is 11.5. The Morgan fingerprint density at radius 3 is 3.05 bits per heavy atom. The summed E-state index contributed by atoms with van der Waals surface area (Å²) in [6.07, 6.45) is 0.956. The number of aryl methyl sites for hydroxylation is 1. The molecule has 0 bridgehead atoms. The second-order valence-electron chi connectivity index (χ2n) is 5.57. The summed E-state index contributed by atoms with van der Waals surface area (Å²) >= 11 is 0. The molecule has 4 rings (SSSR count). The third-order valence-electron chi connectivity index (χ3n) is 4.07. The molecule has 0 amide bonds. The minimum Gasteiger partial charge on any atom is -0.384 e. The molecule has 0 fully saturated rings. The number of rotatable bonds is 2. The lowest BCUT2D eigenvalue weighted by atomic mass is 9.98. The summed E-state index contributed by atoms with van der Waals surface area (Å²) in [5.74, 6) is 1.59. The quantitative estimate of drug-likeness (QED) is 0.741. The van der Waals surface area contributed by atoms with Crippen molar-refractivity contribution in [3.63, 3.8) is 0 Å². The molecule has 100 valence electrons. The fourth-order valence-corrected chi connectivity index (χ4v) is 3.05. The van der Waals surface area contributed by atoms with Crippen molar-refractivity contribution < 1.29 is 0 Å². The zero-order valence-electron chi connectivity index (χ0n) is 11.5. The maximum atomic E-state index is 4.71. The molecular weight excluding hydrogens is 246 g/mol. The van der Waals surface area contributed by atoms with E-state index >= 15 is 0 Å². The van der Waals surface area contributed by atoms with E-state index in [2.05, 4.69) is 59.7 Å². The van der Waals surface area contributed by atoms with Gasteiger partial charge in [-0.2, -0.15) is 0 Å². The van der Waals surface area contributed by atoms with Crippen LogP contribution in [0.5, 0.6) is 0 Å². The Bertz CT molecular complexity index is 773. The van der Waals surface area contributed by atoms with Gasteiger partial charge in [0.15, 0.2) is 0 Å². The molecule has 2 N–H and O–H groups in total. The summed E-state index contributed by atoms with van der Waals surface area (Å²) < 4.78 is 0. The van der Waals surface area contributed by atoms with Crippen LogP contribution in [0.4, 0.5) is 5.69 Å². The number of aromatic nitrogens is 2. The number of nitrogens with zero attached hydrogens (tertiary/aromatic N) is 1. The topological polar surface area (TPSA) is 40.7 Å². The van der Waals surface area contributed by atoms with Gasteiger partial charge in [-0.05, 0) is 36.2 Å². The normalized spacial score (nSPS) is 17.1. The number of hydrogen-bond acceptors (Lipinski definition) is 2. The Balaban J connectivity index is 1.65. The van der Waals surface area contributed by atoms with Crippen LogP contribution in [0.3, 0.4) is 0 Å². The second-order valence-corrected chi connectivity index (χ2v) is 5.57. The van der Waals surface area contributed by atoms with Gasteiger partial charge in [0, 0.05) is 24.6 Å². The van der Waals surface area contributed by atoms with E-state index in [9.17, 15) is 0 Å². The van der Waals surface area contributed by atoms with E-state index in [1.54, 1.807) is 0 Å². The number of anilines is 1. The highest BCUT2D eigenvalue weighted by atomic mass is 14.9. The number of fused-ring (bicyclic) bond motifs is 2. The summed E-state index contributed by atoms with van der Waals surface area (Å²) in [5.41, 5.74) is 6.14. The van der Waals surface area contributed by atoms with Crippen molar-refractivity contribution in [2.75, 3.05) is 11.9 Å². The van der Waals surface area contributed by atoms with Crippen molar-refractivity contribution in [3.05, 3.63) is 59.4 Å². The first-order valence-electron chi connectivity index (χ1n) is 7.07. The number of hydrogen-bond donors (Lipinski definition) is 2. The van der Waals surface area contributed by atoms with Crippen molar-refractivity contribution in [3.8, 4) is 0 Å². The second kappa shape index (κ2) is 4.37. The number of benzene rings is 2. The number of para-hydroxylation sites is 1. The molecule has 2 aromatic carbocycles. The SMILES string of the molecule is Cc1ccc2nc(CC3CNc4ccccc43)[nH]c2c1. The fraction of sp³-hybridized carbons (Fsp3) is 0.235. The highest BCUT2D eigenvalue weighted by molar-refractivity contribution is 5.75. The van der Waals surface area contributed by atoms with Gasteiger partial charge in [0.25, 0.3) is 0 Å². The van der Waals surface area contributed by atoms with Crippen LogP contribution in [-0.4, -0.2) is 16.5 Å². The van der Waals surface area contributed by atoms with Crippen LogP contribution in [-0.2, 0) is 6.42 Å². The molecule has 3 aromatic rings. The maximum Gasteiger partial charge on any atom is 0.107 e. The Labute approximate surface area is 118 Å². The molecule has 0 aliphatic carbocycles. The minimum atomic E-state index is 0.507. The van der Waals surface area contributed by atoms with E-state index < -0.39 is 0 Å². The number of H-pyrrole nitrogens is 1. The van der Waals surface area contributed by atoms with E-state index in [0.717, 1.165) is 29.8 Å². The van der Waals surface area contributed by atoms with Crippen LogP contribution >= 0.6 is 0 Å². The predicted octanol–water partition coefficient (Wildman–Crippen LogP) is 3.62. The molecule has 1 unspecified atom stereocenters. The Morgan fingerprint density at radius 1 is 1.20 bits per heavy atom. The van der Waals surface area contributed by atoms with Gasteiger partial charge in [0.2, 0.25) is 0 Å². The van der Waals surface area contributed by atoms with E-state index in [1.807, 2.05) is 0 Å². The van der Waals surface area contributed by atoms with Crippen LogP contribution in [0, 0.1) is 6.92 Å². The van der Waals surface area contributed by atoms with Crippen LogP contribution in [0.15, 0.2) is 42.5 Å². The molecule has 1 aliphatic heterocycles. The highest BCUT2D eigenvalue weighted by Crippen LogP contribution is 2.33. The minimum absolute atomic E-state index is 0.507. The van der Waals surface area contributed by atoms with Gasteiger partial charge in [0.1, 0.15) is 5.82 Å². The van der Waals surface area contributed by atoms with Gasteiger partial charge in [-0.3, -0.25) is 0 Å². The van der Waals surface area contributed by atoms with Gasteiger partial charge >= 0.3 is 0 Å². The van der Waals surface area contributed by atoms with Gasteiger partial charge in [-0.15, -0.1) is 0 Å². The Hall–Kier alpha value is -2.29. The zero-order valence-corrected chi connectivity index (χ0v) is 11.5. The van der Waals surface area contributed by atoms with Crippen molar-refractivity contribution in [1.29, 1.82) is 0 Å². The number of aromatic amines is 1. The summed E-state index contributed by atoms with van der Waals surface area (Å²) in [6.45, 7) is 3.10. The van der Waals surface area contributed by atoms with Crippen LogP contribution in [0.1, 0.15) is 22.9 Å². The first-order valence-corrected chi connectivity index (χ1v) is 7.07. The van der Waals surface area contributed by atoms with Gasteiger partial charge in [-0.1, -0.05) is 24.3 Å². The number of imidazole rings is 1. The number of nitrogens with one attached hydrogen (secondary N) is 2. The largest absolute Gasteiger partial charge is 0.384 e. The zero-order chi connectivity index (χ0) is 13.5. The molecule has 20 heavy (non-hydrogen) atoms. The molecule has 3 heteroatoms. The van der Waals surface area contributed by atoms with Crippen molar-refractivity contribution in [1.82, 2.24) is 9.97 Å². The standard InChI is InChI=1S/C17H17N3/c1-11-6-7-15-16(8-11)20-17(19-15)9-12-10-18-14-5-3-2-4-13(12)14/h2-8,12,18H,9-10H2,1H3,(H,19,20). The van der Waals surface area contributed by atoms with Gasteiger partial charge in [-0.25, -0.2) is 4.98 Å². The molecule has 0 saturated heterocycles. The Kier molecular flexibility index (Phi) is 2.52. The average Bonchev–Trinajstić information content (AvgIpc) is 3.03. The molecule has 1 aromatic heterocycles. The van der Waals surface area contributed by atoms with E-state index in [1.165, 1.54) is 16.8 Å². The average molecular weight is 263 g/mol. The smallest absolute Gasteiger partial charge is 0.107 e. The molecule has 2 heterocycles. The van der Waals surface area contributed by atoms with Crippen LogP contribution in [0.25, 0.3) is 11.0 Å². The van der Waals surface area contributed by atoms with Crippen LogP contribution < -0.4 is 5.32 Å². The van der Waals surface area contributed by atoms with Crippen molar-refractivity contribution in [2.45, 2.75) is 19.3 Å². The molecule has 1 atom stereocenters. The van der Waals surface area contributed by atoms with E-state index in [4.69, 9.17) is 4.98 Å². The lowest BCUT2D eigenvalue weighted by Crippen LogP contribution is -2.06. The molecule has 0 saturated carbocycles. The van der Waals surface area contributed by atoms with E-state index in [-0.39, 0.29) is 0 Å². The molecule has 3 nitrogen and oxygen atoms in total. The third kappa shape index (κ3) is 1.86. The predicted molar refractivity (Wildman–Crippen MR) is 82.2 cm³/mol. The maximum absolute atomic E-state index is 4.71. The summed E-state index contributed by atoms with van der Waals surface area (Å²) in [7, 11) is 0. The first-order chi connectivity index (χ1) is 9.79. The lowest BCUT2D eigenvalue weighted by Gasteiger charge is -2.07. The summed E-state index contributed by atoms with van der Waals surface area (Å²) in [5, 5.41) is 3.47. The molecule has 1 aliphatic rings. The fourth-order valence-electron chi connectivity index (χ4n) is 3.05. The van der Waals surface area contributed by atoms with Crippen molar-refractivity contribution >= 4 is 16.7 Å².